The number of rotatable bonds is 4. The predicted octanol–water partition coefficient (Wildman–Crippen LogP) is 3.72. The molecule has 0 unspecified atom stereocenters. The highest BCUT2D eigenvalue weighted by Crippen LogP contribution is 2.25. The van der Waals surface area contributed by atoms with Gasteiger partial charge in [-0.1, -0.05) is 18.2 Å². The molecule has 0 radical (unpaired) electrons. The number of anilines is 2. The van der Waals surface area contributed by atoms with E-state index in [1.807, 2.05) is 25.1 Å². The maximum Gasteiger partial charge on any atom is 0.490 e. The number of likely N-dealkylation sites (N-methyl/N-ethyl adjacent to an activating group) is 1. The largest absolute Gasteiger partial charge is 0.490 e. The summed E-state index contributed by atoms with van der Waals surface area (Å²) in [6.45, 7) is 5.57. The third-order valence-corrected chi connectivity index (χ3v) is 5.20. The lowest BCUT2D eigenvalue weighted by atomic mass is 10.1. The number of hydrogen-bond donors (Lipinski definition) is 3. The molecule has 2 aromatic rings. The fourth-order valence-corrected chi connectivity index (χ4v) is 3.34. The Morgan fingerprint density at radius 3 is 2.18 bits per heavy atom. The van der Waals surface area contributed by atoms with Gasteiger partial charge in [-0.25, -0.2) is 9.59 Å². The summed E-state index contributed by atoms with van der Waals surface area (Å²) in [6.07, 6.45) is -4.05. The number of alkyl halides is 3. The lowest BCUT2D eigenvalue weighted by Crippen LogP contribution is -2.29. The van der Waals surface area contributed by atoms with Crippen molar-refractivity contribution in [3.05, 3.63) is 59.2 Å². The highest BCUT2D eigenvalue weighted by Gasteiger charge is 2.38. The summed E-state index contributed by atoms with van der Waals surface area (Å²) in [4.78, 5) is 37.7. The van der Waals surface area contributed by atoms with Crippen LogP contribution < -0.4 is 10.2 Å². The Labute approximate surface area is 194 Å². The first-order chi connectivity index (χ1) is 15.9. The number of nitrogens with zero attached hydrogens (tertiary/aromatic N) is 2. The highest BCUT2D eigenvalue weighted by atomic mass is 19.4. The number of nitrogens with one attached hydrogen (secondary N) is 1. The van der Waals surface area contributed by atoms with E-state index in [2.05, 4.69) is 22.2 Å². The number of aromatic carboxylic acids is 1. The van der Waals surface area contributed by atoms with Gasteiger partial charge in [0.25, 0.3) is 5.91 Å². The van der Waals surface area contributed by atoms with Crippen molar-refractivity contribution in [2.75, 3.05) is 43.4 Å². The van der Waals surface area contributed by atoms with Crippen molar-refractivity contribution in [1.82, 2.24) is 4.90 Å². The van der Waals surface area contributed by atoms with Gasteiger partial charge in [-0.2, -0.15) is 13.2 Å². The summed E-state index contributed by atoms with van der Waals surface area (Å²) in [7, 11) is 2.09. The normalized spacial score (nSPS) is 14.4. The number of carbonyl (C=O) groups excluding carboxylic acids is 1. The van der Waals surface area contributed by atoms with Crippen LogP contribution in [0.5, 0.6) is 0 Å². The standard InChI is InChI=1S/C21H25N3O3.C2HF3O2/c1-15-6-3-4-7-17(15)20(25)22-19-9-8-16(14-18(19)21(26)27)24-11-5-10-23(2)12-13-24;3-2(4,5)1(6)7/h3-4,6-9,14H,5,10-13H2,1-2H3,(H,22,25)(H,26,27);(H,6,7). The van der Waals surface area contributed by atoms with Gasteiger partial charge in [-0.05, 0) is 56.8 Å². The number of halogens is 3. The molecule has 2 aromatic carbocycles. The predicted molar refractivity (Wildman–Crippen MR) is 121 cm³/mol. The SMILES string of the molecule is Cc1ccccc1C(=O)Nc1ccc(N2CCCN(C)CC2)cc1C(=O)O.O=C(O)C(F)(F)F. The fraction of sp³-hybridized carbons (Fsp3) is 0.348. The number of aliphatic carboxylic acids is 1. The van der Waals surface area contributed by atoms with Crippen molar-refractivity contribution >= 4 is 29.2 Å². The smallest absolute Gasteiger partial charge is 0.478 e. The molecule has 184 valence electrons. The zero-order valence-corrected chi connectivity index (χ0v) is 18.7. The van der Waals surface area contributed by atoms with Crippen LogP contribution in [0, 0.1) is 6.92 Å². The first-order valence-corrected chi connectivity index (χ1v) is 10.4. The van der Waals surface area contributed by atoms with E-state index >= 15 is 0 Å². The summed E-state index contributed by atoms with van der Waals surface area (Å²) in [6, 6.07) is 12.5. The van der Waals surface area contributed by atoms with Crippen molar-refractivity contribution in [1.29, 1.82) is 0 Å². The highest BCUT2D eigenvalue weighted by molar-refractivity contribution is 6.08. The van der Waals surface area contributed by atoms with Gasteiger partial charge in [-0.3, -0.25) is 4.79 Å². The average Bonchev–Trinajstić information content (AvgIpc) is 2.98. The van der Waals surface area contributed by atoms with Crippen LogP contribution in [0.4, 0.5) is 24.5 Å². The summed E-state index contributed by atoms with van der Waals surface area (Å²) in [5.41, 5.74) is 2.67. The van der Waals surface area contributed by atoms with E-state index in [-0.39, 0.29) is 11.5 Å². The van der Waals surface area contributed by atoms with E-state index in [9.17, 15) is 27.9 Å². The number of carboxylic acids is 2. The summed E-state index contributed by atoms with van der Waals surface area (Å²) >= 11 is 0. The second kappa shape index (κ2) is 11.5. The van der Waals surface area contributed by atoms with Crippen molar-refractivity contribution < 1.29 is 37.8 Å². The topological polar surface area (TPSA) is 110 Å². The third-order valence-electron chi connectivity index (χ3n) is 5.20. The molecule has 3 rings (SSSR count). The molecule has 0 atom stereocenters. The lowest BCUT2D eigenvalue weighted by molar-refractivity contribution is -0.192. The van der Waals surface area contributed by atoms with Gasteiger partial charge in [0.15, 0.2) is 0 Å². The molecule has 1 heterocycles. The molecule has 11 heteroatoms. The maximum atomic E-state index is 12.6. The molecule has 0 bridgehead atoms. The van der Waals surface area contributed by atoms with E-state index in [1.54, 1.807) is 24.3 Å². The minimum Gasteiger partial charge on any atom is -0.478 e. The Bertz CT molecular complexity index is 1040. The van der Waals surface area contributed by atoms with E-state index in [4.69, 9.17) is 9.90 Å². The number of aryl methyl sites for hydroxylation is 1. The Kier molecular flexibility index (Phi) is 9.02. The minimum absolute atomic E-state index is 0.104. The molecule has 0 saturated carbocycles. The molecule has 34 heavy (non-hydrogen) atoms. The number of carbonyl (C=O) groups is 3. The molecule has 1 saturated heterocycles. The first kappa shape index (κ1) is 26.7. The van der Waals surface area contributed by atoms with E-state index in [0.29, 0.717) is 11.3 Å². The van der Waals surface area contributed by atoms with E-state index in [0.717, 1.165) is 43.9 Å². The second-order valence-electron chi connectivity index (χ2n) is 7.75. The van der Waals surface area contributed by atoms with Gasteiger partial charge in [0.05, 0.1) is 11.3 Å². The van der Waals surface area contributed by atoms with Crippen LogP contribution in [0.3, 0.4) is 0 Å². The second-order valence-corrected chi connectivity index (χ2v) is 7.75. The van der Waals surface area contributed by atoms with Gasteiger partial charge in [0.1, 0.15) is 0 Å². The van der Waals surface area contributed by atoms with Crippen molar-refractivity contribution in [3.63, 3.8) is 0 Å². The van der Waals surface area contributed by atoms with Crippen LogP contribution in [-0.4, -0.2) is 72.4 Å². The molecule has 0 spiro atoms. The van der Waals surface area contributed by atoms with Crippen molar-refractivity contribution in [2.24, 2.45) is 0 Å². The molecule has 1 fully saturated rings. The van der Waals surface area contributed by atoms with Gasteiger partial charge >= 0.3 is 18.1 Å². The number of hydrogen-bond acceptors (Lipinski definition) is 5. The van der Waals surface area contributed by atoms with Crippen LogP contribution in [0.2, 0.25) is 0 Å². The molecular weight excluding hydrogens is 455 g/mol. The van der Waals surface area contributed by atoms with Crippen LogP contribution in [0.1, 0.15) is 32.7 Å². The van der Waals surface area contributed by atoms with Gasteiger partial charge in [-0.15, -0.1) is 0 Å². The van der Waals surface area contributed by atoms with Crippen molar-refractivity contribution in [2.45, 2.75) is 19.5 Å². The molecule has 8 nitrogen and oxygen atoms in total. The summed E-state index contributed by atoms with van der Waals surface area (Å²) in [5, 5.41) is 19.5. The number of amides is 1. The summed E-state index contributed by atoms with van der Waals surface area (Å²) < 4.78 is 31.7. The van der Waals surface area contributed by atoms with Crippen LogP contribution >= 0.6 is 0 Å². The van der Waals surface area contributed by atoms with Crippen LogP contribution in [0.15, 0.2) is 42.5 Å². The quantitative estimate of drug-likeness (QED) is 0.611. The van der Waals surface area contributed by atoms with E-state index < -0.39 is 18.1 Å². The number of carboxylic acid groups (broad SMARTS) is 2. The Balaban J connectivity index is 0.000000509. The van der Waals surface area contributed by atoms with Crippen LogP contribution in [0.25, 0.3) is 0 Å². The Morgan fingerprint density at radius 1 is 0.941 bits per heavy atom. The molecule has 0 aromatic heterocycles. The van der Waals surface area contributed by atoms with Crippen molar-refractivity contribution in [3.8, 4) is 0 Å². The third kappa shape index (κ3) is 7.48. The van der Waals surface area contributed by atoms with E-state index in [1.165, 1.54) is 0 Å². The van der Waals surface area contributed by atoms with Gasteiger partial charge < -0.3 is 25.3 Å². The minimum atomic E-state index is -5.08. The maximum absolute atomic E-state index is 12.6. The average molecular weight is 481 g/mol. The lowest BCUT2D eigenvalue weighted by Gasteiger charge is -2.24. The summed E-state index contributed by atoms with van der Waals surface area (Å²) in [5.74, 6) is -4.11. The fourth-order valence-electron chi connectivity index (χ4n) is 3.34. The number of benzene rings is 2. The molecule has 1 aliphatic heterocycles. The van der Waals surface area contributed by atoms with Gasteiger partial charge in [0.2, 0.25) is 0 Å². The van der Waals surface area contributed by atoms with Gasteiger partial charge in [0, 0.05) is 30.9 Å². The zero-order valence-electron chi connectivity index (χ0n) is 18.7. The Morgan fingerprint density at radius 2 is 1.59 bits per heavy atom. The molecule has 1 aliphatic rings. The Hall–Kier alpha value is -3.60. The molecule has 0 aliphatic carbocycles. The zero-order chi connectivity index (χ0) is 25.5. The molecule has 3 N–H and O–H groups in total. The molecule has 1 amide bonds. The first-order valence-electron chi connectivity index (χ1n) is 10.4. The van der Waals surface area contributed by atoms with Crippen LogP contribution in [-0.2, 0) is 4.79 Å². The molecular formula is C23H26F3N3O5. The monoisotopic (exact) mass is 481 g/mol.